The lowest BCUT2D eigenvalue weighted by Crippen LogP contribution is -2.36. The molecule has 1 aliphatic rings. The van der Waals surface area contributed by atoms with E-state index in [-0.39, 0.29) is 29.2 Å². The zero-order valence-electron chi connectivity index (χ0n) is 20.6. The molecular formula is C27H40N2O3. The minimum absolute atomic E-state index is 0.0461. The van der Waals surface area contributed by atoms with Gasteiger partial charge in [-0.15, -0.1) is 0 Å². The summed E-state index contributed by atoms with van der Waals surface area (Å²) >= 11 is 0. The second-order valence-corrected chi connectivity index (χ2v) is 10.5. The molecule has 1 aromatic heterocycles. The van der Waals surface area contributed by atoms with Gasteiger partial charge in [-0.25, -0.2) is 0 Å². The molecule has 1 amide bonds. The van der Waals surface area contributed by atoms with E-state index in [1.165, 1.54) is 0 Å². The molecule has 0 aliphatic heterocycles. The Kier molecular flexibility index (Phi) is 8.02. The van der Waals surface area contributed by atoms with Crippen molar-refractivity contribution < 1.29 is 9.53 Å². The topological polar surface area (TPSA) is 62.4 Å². The van der Waals surface area contributed by atoms with Gasteiger partial charge in [0.1, 0.15) is 5.75 Å². The molecule has 0 atom stereocenters. The number of hydrogen-bond donors (Lipinski definition) is 1. The maximum Gasteiger partial charge on any atom is 0.252 e. The highest BCUT2D eigenvalue weighted by Crippen LogP contribution is 2.36. The van der Waals surface area contributed by atoms with Crippen LogP contribution in [0, 0.1) is 5.41 Å². The number of ether oxygens (including phenoxy) is 1. The number of carbonyl (C=O) groups excluding carboxylic acids is 1. The fourth-order valence-corrected chi connectivity index (χ4v) is 4.77. The van der Waals surface area contributed by atoms with Crippen LogP contribution in [0.1, 0.15) is 89.7 Å². The molecule has 1 saturated carbocycles. The van der Waals surface area contributed by atoms with Gasteiger partial charge in [-0.2, -0.15) is 0 Å². The predicted octanol–water partition coefficient (Wildman–Crippen LogP) is 5.80. The predicted molar refractivity (Wildman–Crippen MR) is 132 cm³/mol. The van der Waals surface area contributed by atoms with Crippen molar-refractivity contribution in [1.29, 1.82) is 0 Å². The standard InChI is InChI=1S/C27H40N2O3/c1-6-7-15-29(16-14-27(2,3)4)24(30)18-22-21-13-12-20(32-5)17-23(21)28-26(31)25(22)19-10-8-9-11-19/h12-13,17,19H,6-11,14-16,18H2,1-5H3,(H,28,31). The van der Waals surface area contributed by atoms with Gasteiger partial charge in [-0.1, -0.05) is 47.0 Å². The van der Waals surface area contributed by atoms with E-state index in [9.17, 15) is 9.59 Å². The molecule has 3 rings (SSSR count). The number of nitrogens with one attached hydrogen (secondary N) is 1. The molecule has 2 aromatic rings. The highest BCUT2D eigenvalue weighted by molar-refractivity contribution is 5.90. The van der Waals surface area contributed by atoms with E-state index in [2.05, 4.69) is 32.7 Å². The highest BCUT2D eigenvalue weighted by atomic mass is 16.5. The number of rotatable bonds is 9. The molecule has 1 heterocycles. The van der Waals surface area contributed by atoms with Crippen LogP contribution in [0.2, 0.25) is 0 Å². The number of nitrogens with zero attached hydrogens (tertiary/aromatic N) is 1. The summed E-state index contributed by atoms with van der Waals surface area (Å²) in [4.78, 5) is 31.9. The molecule has 176 valence electrons. The van der Waals surface area contributed by atoms with E-state index in [1.807, 2.05) is 23.1 Å². The third-order valence-corrected chi connectivity index (χ3v) is 6.73. The van der Waals surface area contributed by atoms with Crippen molar-refractivity contribution in [2.75, 3.05) is 20.2 Å². The Morgan fingerprint density at radius 1 is 1.19 bits per heavy atom. The monoisotopic (exact) mass is 440 g/mol. The number of aromatic nitrogens is 1. The number of aromatic amines is 1. The first kappa shape index (κ1) is 24.3. The number of benzene rings is 1. The van der Waals surface area contributed by atoms with Crippen LogP contribution in [-0.4, -0.2) is 36.0 Å². The summed E-state index contributed by atoms with van der Waals surface area (Å²) in [6.45, 7) is 10.3. The van der Waals surface area contributed by atoms with E-state index >= 15 is 0 Å². The molecule has 1 aromatic carbocycles. The van der Waals surface area contributed by atoms with Crippen LogP contribution in [-0.2, 0) is 11.2 Å². The van der Waals surface area contributed by atoms with Crippen LogP contribution in [0.4, 0.5) is 0 Å². The molecule has 0 unspecified atom stereocenters. The van der Waals surface area contributed by atoms with Crippen LogP contribution in [0.15, 0.2) is 23.0 Å². The van der Waals surface area contributed by atoms with Crippen molar-refractivity contribution in [3.8, 4) is 5.75 Å². The third-order valence-electron chi connectivity index (χ3n) is 6.73. The van der Waals surface area contributed by atoms with Crippen molar-refractivity contribution in [3.63, 3.8) is 0 Å². The maximum atomic E-state index is 13.6. The van der Waals surface area contributed by atoms with Gasteiger partial charge in [0.2, 0.25) is 5.91 Å². The number of fused-ring (bicyclic) bond motifs is 1. The van der Waals surface area contributed by atoms with Crippen LogP contribution >= 0.6 is 0 Å². The second kappa shape index (κ2) is 10.5. The third kappa shape index (κ3) is 5.93. The van der Waals surface area contributed by atoms with Crippen molar-refractivity contribution >= 4 is 16.8 Å². The number of unbranched alkanes of at least 4 members (excludes halogenated alkanes) is 1. The summed E-state index contributed by atoms with van der Waals surface area (Å²) in [5.74, 6) is 1.07. The van der Waals surface area contributed by atoms with Gasteiger partial charge in [0.15, 0.2) is 0 Å². The van der Waals surface area contributed by atoms with Crippen molar-refractivity contribution in [1.82, 2.24) is 9.88 Å². The fraction of sp³-hybridized carbons (Fsp3) is 0.630. The SMILES string of the molecule is CCCCN(CCC(C)(C)C)C(=O)Cc1c(C2CCCC2)c(=O)[nH]c2cc(OC)ccc12. The Morgan fingerprint density at radius 2 is 1.91 bits per heavy atom. The number of H-pyrrole nitrogens is 1. The molecular weight excluding hydrogens is 400 g/mol. The van der Waals surface area contributed by atoms with Crippen LogP contribution in [0.5, 0.6) is 5.75 Å². The Morgan fingerprint density at radius 3 is 2.53 bits per heavy atom. The molecule has 5 heteroatoms. The first-order valence-electron chi connectivity index (χ1n) is 12.2. The van der Waals surface area contributed by atoms with Gasteiger partial charge in [0, 0.05) is 30.1 Å². The summed E-state index contributed by atoms with van der Waals surface area (Å²) in [7, 11) is 1.62. The van der Waals surface area contributed by atoms with Crippen molar-refractivity contribution in [2.45, 2.75) is 85.0 Å². The van der Waals surface area contributed by atoms with Crippen LogP contribution in [0.25, 0.3) is 10.9 Å². The molecule has 32 heavy (non-hydrogen) atoms. The number of carbonyl (C=O) groups is 1. The molecule has 0 spiro atoms. The summed E-state index contributed by atoms with van der Waals surface area (Å²) in [6, 6.07) is 5.77. The number of hydrogen-bond acceptors (Lipinski definition) is 3. The lowest BCUT2D eigenvalue weighted by atomic mass is 9.89. The minimum atomic E-state index is -0.0461. The van der Waals surface area contributed by atoms with Gasteiger partial charge in [0.05, 0.1) is 19.0 Å². The van der Waals surface area contributed by atoms with Gasteiger partial charge >= 0.3 is 0 Å². The summed E-state index contributed by atoms with van der Waals surface area (Å²) in [5, 5.41) is 0.965. The van der Waals surface area contributed by atoms with Gasteiger partial charge in [-0.3, -0.25) is 9.59 Å². The van der Waals surface area contributed by atoms with Crippen LogP contribution in [0.3, 0.4) is 0 Å². The minimum Gasteiger partial charge on any atom is -0.497 e. The van der Waals surface area contributed by atoms with E-state index in [1.54, 1.807) is 7.11 Å². The number of amides is 1. The molecule has 5 nitrogen and oxygen atoms in total. The Labute approximate surface area is 192 Å². The average molecular weight is 441 g/mol. The highest BCUT2D eigenvalue weighted by Gasteiger charge is 2.27. The second-order valence-electron chi connectivity index (χ2n) is 10.5. The Hall–Kier alpha value is -2.30. The molecule has 1 aliphatic carbocycles. The normalized spacial score (nSPS) is 14.8. The zero-order chi connectivity index (χ0) is 23.3. The van der Waals surface area contributed by atoms with E-state index < -0.39 is 0 Å². The molecule has 0 radical (unpaired) electrons. The quantitative estimate of drug-likeness (QED) is 0.536. The lowest BCUT2D eigenvalue weighted by Gasteiger charge is -2.28. The summed E-state index contributed by atoms with van der Waals surface area (Å²) < 4.78 is 5.36. The van der Waals surface area contributed by atoms with Crippen molar-refractivity contribution in [2.24, 2.45) is 5.41 Å². The molecule has 1 N–H and O–H groups in total. The fourth-order valence-electron chi connectivity index (χ4n) is 4.77. The molecule has 0 bridgehead atoms. The summed E-state index contributed by atoms with van der Waals surface area (Å²) in [6.07, 6.45) is 7.64. The van der Waals surface area contributed by atoms with E-state index in [0.717, 1.165) is 80.1 Å². The maximum absolute atomic E-state index is 13.6. The van der Waals surface area contributed by atoms with Gasteiger partial charge in [0.25, 0.3) is 5.56 Å². The molecule has 1 fully saturated rings. The van der Waals surface area contributed by atoms with E-state index in [0.29, 0.717) is 5.75 Å². The average Bonchev–Trinajstić information content (AvgIpc) is 3.26. The van der Waals surface area contributed by atoms with Gasteiger partial charge in [-0.05, 0) is 54.7 Å². The summed E-state index contributed by atoms with van der Waals surface area (Å²) in [5.41, 5.74) is 2.62. The Balaban J connectivity index is 2.01. The smallest absolute Gasteiger partial charge is 0.252 e. The lowest BCUT2D eigenvalue weighted by molar-refractivity contribution is -0.130. The first-order valence-corrected chi connectivity index (χ1v) is 12.2. The van der Waals surface area contributed by atoms with Gasteiger partial charge < -0.3 is 14.6 Å². The Bertz CT molecular complexity index is 981. The first-order chi connectivity index (χ1) is 15.2. The zero-order valence-corrected chi connectivity index (χ0v) is 20.6. The molecule has 0 saturated heterocycles. The number of methoxy groups -OCH3 is 1. The number of pyridine rings is 1. The van der Waals surface area contributed by atoms with Crippen LogP contribution < -0.4 is 10.3 Å². The van der Waals surface area contributed by atoms with Crippen molar-refractivity contribution in [3.05, 3.63) is 39.7 Å². The van der Waals surface area contributed by atoms with E-state index in [4.69, 9.17) is 4.74 Å². The largest absolute Gasteiger partial charge is 0.497 e.